The molecule has 0 fully saturated rings. The minimum Gasteiger partial charge on any atom is -0.409 e. The Morgan fingerprint density at radius 2 is 2.24 bits per heavy atom. The number of carbonyl (C=O) groups is 1. The van der Waals surface area contributed by atoms with E-state index >= 15 is 0 Å². The molecule has 0 saturated heterocycles. The molecule has 1 amide bonds. The van der Waals surface area contributed by atoms with Gasteiger partial charge in [0.15, 0.2) is 5.84 Å². The van der Waals surface area contributed by atoms with Crippen LogP contribution in [0.3, 0.4) is 0 Å². The highest BCUT2D eigenvalue weighted by Crippen LogP contribution is 2.05. The fraction of sp³-hybridized carbons (Fsp3) is 0.385. The summed E-state index contributed by atoms with van der Waals surface area (Å²) < 4.78 is 28.2. The molecule has 1 aromatic carbocycles. The second-order valence-electron chi connectivity index (χ2n) is 4.18. The molecule has 8 heteroatoms. The first-order valence-corrected chi connectivity index (χ1v) is 6.22. The van der Waals surface area contributed by atoms with Crippen LogP contribution in [0.1, 0.15) is 17.5 Å². The molecule has 116 valence electrons. The van der Waals surface area contributed by atoms with E-state index in [1.807, 2.05) is 0 Å². The molecule has 0 atom stereocenters. The van der Waals surface area contributed by atoms with Crippen LogP contribution in [0.5, 0.6) is 0 Å². The number of amidine groups is 1. The molecule has 4 N–H and O–H groups in total. The summed E-state index contributed by atoms with van der Waals surface area (Å²) in [7, 11) is 0. The number of rotatable bonds is 8. The van der Waals surface area contributed by atoms with E-state index in [1.165, 1.54) is 0 Å². The number of nitrogens with two attached hydrogens (primary N) is 1. The average molecular weight is 301 g/mol. The van der Waals surface area contributed by atoms with Gasteiger partial charge in [0.25, 0.3) is 6.43 Å². The molecule has 0 aliphatic carbocycles. The topological polar surface area (TPSA) is 96.9 Å². The molecular weight excluding hydrogens is 284 g/mol. The lowest BCUT2D eigenvalue weighted by Crippen LogP contribution is -2.24. The maximum atomic E-state index is 11.8. The number of carbonyl (C=O) groups excluding carboxylic acids is 1. The van der Waals surface area contributed by atoms with Crippen LogP contribution in [0.4, 0.5) is 8.78 Å². The predicted octanol–water partition coefficient (Wildman–Crippen LogP) is 1.07. The Balaban J connectivity index is 2.36. The van der Waals surface area contributed by atoms with Gasteiger partial charge < -0.3 is 21.0 Å². The molecule has 21 heavy (non-hydrogen) atoms. The number of nitrogens with zero attached hydrogens (tertiary/aromatic N) is 1. The summed E-state index contributed by atoms with van der Waals surface area (Å²) >= 11 is 0. The molecule has 0 heterocycles. The van der Waals surface area contributed by atoms with Gasteiger partial charge in [-0.1, -0.05) is 23.4 Å². The van der Waals surface area contributed by atoms with Gasteiger partial charge in [-0.3, -0.25) is 4.79 Å². The van der Waals surface area contributed by atoms with Crippen LogP contribution in [-0.4, -0.2) is 36.6 Å². The molecule has 0 spiro atoms. The summed E-state index contributed by atoms with van der Waals surface area (Å²) in [4.78, 5) is 11.5. The van der Waals surface area contributed by atoms with Gasteiger partial charge in [0.05, 0.1) is 6.61 Å². The van der Waals surface area contributed by atoms with Gasteiger partial charge in [-0.15, -0.1) is 0 Å². The predicted molar refractivity (Wildman–Crippen MR) is 72.2 cm³/mol. The lowest BCUT2D eigenvalue weighted by molar-refractivity contribution is -0.122. The third kappa shape index (κ3) is 6.66. The van der Waals surface area contributed by atoms with Crippen molar-refractivity contribution in [1.29, 1.82) is 0 Å². The first kappa shape index (κ1) is 16.8. The number of halogens is 2. The van der Waals surface area contributed by atoms with Gasteiger partial charge in [-0.25, -0.2) is 8.78 Å². The largest absolute Gasteiger partial charge is 0.409 e. The zero-order chi connectivity index (χ0) is 15.7. The Morgan fingerprint density at radius 3 is 2.90 bits per heavy atom. The second-order valence-corrected chi connectivity index (χ2v) is 4.18. The number of oxime groups is 1. The fourth-order valence-electron chi connectivity index (χ4n) is 1.52. The number of benzene rings is 1. The molecule has 0 radical (unpaired) electrons. The van der Waals surface area contributed by atoms with Crippen LogP contribution in [0.25, 0.3) is 0 Å². The van der Waals surface area contributed by atoms with E-state index in [9.17, 15) is 13.6 Å². The van der Waals surface area contributed by atoms with Crippen molar-refractivity contribution >= 4 is 11.7 Å². The molecule has 6 nitrogen and oxygen atoms in total. The summed E-state index contributed by atoms with van der Waals surface area (Å²) in [6.45, 7) is -0.477. The van der Waals surface area contributed by atoms with Gasteiger partial charge in [0.2, 0.25) is 5.91 Å². The summed E-state index contributed by atoms with van der Waals surface area (Å²) in [6.07, 6.45) is -2.53. The molecule has 0 saturated carbocycles. The third-order valence-corrected chi connectivity index (χ3v) is 2.54. The highest BCUT2D eigenvalue weighted by atomic mass is 19.3. The van der Waals surface area contributed by atoms with E-state index in [0.717, 1.165) is 5.56 Å². The van der Waals surface area contributed by atoms with E-state index in [0.29, 0.717) is 5.56 Å². The molecule has 0 bridgehead atoms. The van der Waals surface area contributed by atoms with Crippen LogP contribution >= 0.6 is 0 Å². The maximum Gasteiger partial charge on any atom is 0.261 e. The number of hydrogen-bond donors (Lipinski definition) is 3. The SMILES string of the molecule is N/C(=N/O)c1cccc(CNC(=O)CCOCC(F)F)c1. The van der Waals surface area contributed by atoms with Gasteiger partial charge in [-0.05, 0) is 11.6 Å². The van der Waals surface area contributed by atoms with Crippen molar-refractivity contribution in [3.05, 3.63) is 35.4 Å². The van der Waals surface area contributed by atoms with Gasteiger partial charge >= 0.3 is 0 Å². The van der Waals surface area contributed by atoms with Crippen LogP contribution in [0.2, 0.25) is 0 Å². The van der Waals surface area contributed by atoms with Gasteiger partial charge in [0.1, 0.15) is 6.61 Å². The Hall–Kier alpha value is -2.22. The highest BCUT2D eigenvalue weighted by molar-refractivity contribution is 5.97. The highest BCUT2D eigenvalue weighted by Gasteiger charge is 2.06. The summed E-state index contributed by atoms with van der Waals surface area (Å²) in [5.41, 5.74) is 6.76. The van der Waals surface area contributed by atoms with Crippen molar-refractivity contribution in [1.82, 2.24) is 5.32 Å². The lowest BCUT2D eigenvalue weighted by Gasteiger charge is -2.07. The number of ether oxygens (including phenoxy) is 1. The van der Waals surface area contributed by atoms with Crippen LogP contribution in [0.15, 0.2) is 29.4 Å². The fourth-order valence-corrected chi connectivity index (χ4v) is 1.52. The number of nitrogens with one attached hydrogen (secondary N) is 1. The van der Waals surface area contributed by atoms with Crippen molar-refractivity contribution < 1.29 is 23.5 Å². The summed E-state index contributed by atoms with van der Waals surface area (Å²) in [5.74, 6) is -0.331. The Morgan fingerprint density at radius 1 is 1.48 bits per heavy atom. The Bertz CT molecular complexity index is 495. The Labute approximate surface area is 120 Å². The first-order chi connectivity index (χ1) is 10.0. The third-order valence-electron chi connectivity index (χ3n) is 2.54. The monoisotopic (exact) mass is 301 g/mol. The van der Waals surface area contributed by atoms with Crippen LogP contribution in [-0.2, 0) is 16.1 Å². The van der Waals surface area contributed by atoms with Crippen molar-refractivity contribution in [2.45, 2.75) is 19.4 Å². The van der Waals surface area contributed by atoms with Gasteiger partial charge in [0, 0.05) is 18.5 Å². The van der Waals surface area contributed by atoms with Crippen LogP contribution in [0, 0.1) is 0 Å². The van der Waals surface area contributed by atoms with E-state index in [-0.39, 0.29) is 31.3 Å². The minimum atomic E-state index is -2.53. The summed E-state index contributed by atoms with van der Waals surface area (Å²) in [5, 5.41) is 14.1. The number of amides is 1. The van der Waals surface area contributed by atoms with E-state index < -0.39 is 13.0 Å². The zero-order valence-electron chi connectivity index (χ0n) is 11.3. The molecule has 1 aromatic rings. The Kier molecular flexibility index (Phi) is 7.10. The summed E-state index contributed by atoms with van der Waals surface area (Å²) in [6, 6.07) is 6.81. The molecule has 0 aromatic heterocycles. The zero-order valence-corrected chi connectivity index (χ0v) is 11.3. The molecule has 1 rings (SSSR count). The van der Waals surface area contributed by atoms with E-state index in [4.69, 9.17) is 10.9 Å². The number of hydrogen-bond acceptors (Lipinski definition) is 4. The molecule has 0 unspecified atom stereocenters. The smallest absolute Gasteiger partial charge is 0.261 e. The van der Waals surface area contributed by atoms with Gasteiger partial charge in [-0.2, -0.15) is 0 Å². The molecule has 0 aliphatic heterocycles. The second kappa shape index (κ2) is 8.85. The van der Waals surface area contributed by atoms with E-state index in [1.54, 1.807) is 24.3 Å². The quantitative estimate of drug-likeness (QED) is 0.220. The van der Waals surface area contributed by atoms with Crippen molar-refractivity contribution in [3.8, 4) is 0 Å². The minimum absolute atomic E-state index is 0.00660. The molecule has 0 aliphatic rings. The molecular formula is C13H17F2N3O3. The van der Waals surface area contributed by atoms with Crippen LogP contribution < -0.4 is 11.1 Å². The number of alkyl halides is 2. The lowest BCUT2D eigenvalue weighted by atomic mass is 10.1. The average Bonchev–Trinajstić information content (AvgIpc) is 2.48. The van der Waals surface area contributed by atoms with Crippen molar-refractivity contribution in [3.63, 3.8) is 0 Å². The van der Waals surface area contributed by atoms with Crippen molar-refractivity contribution in [2.24, 2.45) is 10.9 Å². The normalized spacial score (nSPS) is 11.7. The van der Waals surface area contributed by atoms with E-state index in [2.05, 4.69) is 15.2 Å². The van der Waals surface area contributed by atoms with Crippen molar-refractivity contribution in [2.75, 3.05) is 13.2 Å². The standard InChI is InChI=1S/C13H17F2N3O3/c14-11(15)8-21-5-4-12(19)17-7-9-2-1-3-10(6-9)13(16)18-20/h1-3,6,11,20H,4-5,7-8H2,(H2,16,18)(H,17,19). The maximum absolute atomic E-state index is 11.8. The first-order valence-electron chi connectivity index (χ1n) is 6.22.